The van der Waals surface area contributed by atoms with E-state index in [-0.39, 0.29) is 0 Å². The van der Waals surface area contributed by atoms with E-state index in [0.29, 0.717) is 6.54 Å². The number of hydrogen-bond acceptors (Lipinski definition) is 3. The Morgan fingerprint density at radius 1 is 1.47 bits per heavy atom. The average Bonchev–Trinajstić information content (AvgIpc) is 2.28. The normalized spacial score (nSPS) is 14.3. The lowest BCUT2D eigenvalue weighted by atomic mass is 9.98. The number of fused-ring (bicyclic) bond motifs is 1. The molecule has 0 unspecified atom stereocenters. The molecule has 82 valence electrons. The highest BCUT2D eigenvalue weighted by atomic mass is 16.5. The minimum Gasteiger partial charge on any atom is -0.496 e. The number of ether oxygens (including phenoxy) is 1. The van der Waals surface area contributed by atoms with Gasteiger partial charge in [-0.15, -0.1) is 0 Å². The SMILES string of the molecule is COc1cc2c(cc1CCN)CCCN2. The zero-order chi connectivity index (χ0) is 10.7. The van der Waals surface area contributed by atoms with Gasteiger partial charge in [0.2, 0.25) is 0 Å². The van der Waals surface area contributed by atoms with Crippen LogP contribution in [-0.2, 0) is 12.8 Å². The van der Waals surface area contributed by atoms with Crippen molar-refractivity contribution >= 4 is 5.69 Å². The Kier molecular flexibility index (Phi) is 3.11. The van der Waals surface area contributed by atoms with Crippen LogP contribution in [0.5, 0.6) is 5.75 Å². The van der Waals surface area contributed by atoms with Gasteiger partial charge >= 0.3 is 0 Å². The molecule has 3 N–H and O–H groups in total. The molecule has 15 heavy (non-hydrogen) atoms. The molecule has 0 aromatic heterocycles. The molecule has 3 nitrogen and oxygen atoms in total. The first-order valence-corrected chi connectivity index (χ1v) is 5.49. The predicted octanol–water partition coefficient (Wildman–Crippen LogP) is 1.55. The summed E-state index contributed by atoms with van der Waals surface area (Å²) in [6.07, 6.45) is 3.25. The maximum atomic E-state index is 5.59. The van der Waals surface area contributed by atoms with E-state index in [4.69, 9.17) is 10.5 Å². The Balaban J connectivity index is 2.37. The van der Waals surface area contributed by atoms with Gasteiger partial charge in [0.25, 0.3) is 0 Å². The number of nitrogens with one attached hydrogen (secondary N) is 1. The fourth-order valence-corrected chi connectivity index (χ4v) is 2.09. The maximum Gasteiger partial charge on any atom is 0.124 e. The molecule has 2 rings (SSSR count). The van der Waals surface area contributed by atoms with E-state index < -0.39 is 0 Å². The van der Waals surface area contributed by atoms with Gasteiger partial charge < -0.3 is 15.8 Å². The van der Waals surface area contributed by atoms with Crippen molar-refractivity contribution in [1.29, 1.82) is 0 Å². The Hall–Kier alpha value is -1.22. The van der Waals surface area contributed by atoms with Crippen LogP contribution in [0.15, 0.2) is 12.1 Å². The molecule has 1 aromatic rings. The van der Waals surface area contributed by atoms with Gasteiger partial charge in [-0.1, -0.05) is 6.07 Å². The minimum atomic E-state index is 0.669. The molecular weight excluding hydrogens is 188 g/mol. The molecule has 0 saturated carbocycles. The van der Waals surface area contributed by atoms with E-state index in [9.17, 15) is 0 Å². The van der Waals surface area contributed by atoms with Crippen molar-refractivity contribution in [3.63, 3.8) is 0 Å². The molecule has 0 amide bonds. The second kappa shape index (κ2) is 4.53. The van der Waals surface area contributed by atoms with Gasteiger partial charge in [-0.05, 0) is 36.9 Å². The Labute approximate surface area is 90.6 Å². The molecule has 0 atom stereocenters. The fourth-order valence-electron chi connectivity index (χ4n) is 2.09. The molecule has 3 heteroatoms. The first kappa shape index (κ1) is 10.3. The molecular formula is C12H18N2O. The van der Waals surface area contributed by atoms with Crippen LogP contribution in [0.4, 0.5) is 5.69 Å². The fraction of sp³-hybridized carbons (Fsp3) is 0.500. The third-order valence-electron chi connectivity index (χ3n) is 2.86. The number of anilines is 1. The van der Waals surface area contributed by atoms with Crippen molar-refractivity contribution in [3.05, 3.63) is 23.3 Å². The molecule has 1 aliphatic rings. The third kappa shape index (κ3) is 2.07. The summed E-state index contributed by atoms with van der Waals surface area (Å²) in [5, 5.41) is 3.40. The van der Waals surface area contributed by atoms with Crippen LogP contribution in [0.2, 0.25) is 0 Å². The Bertz CT molecular complexity index is 350. The van der Waals surface area contributed by atoms with E-state index in [2.05, 4.69) is 17.4 Å². The van der Waals surface area contributed by atoms with Crippen molar-refractivity contribution < 1.29 is 4.74 Å². The van der Waals surface area contributed by atoms with E-state index in [1.165, 1.54) is 23.2 Å². The lowest BCUT2D eigenvalue weighted by molar-refractivity contribution is 0.409. The largest absolute Gasteiger partial charge is 0.496 e. The molecule has 0 spiro atoms. The predicted molar refractivity (Wildman–Crippen MR) is 62.6 cm³/mol. The van der Waals surface area contributed by atoms with Crippen molar-refractivity contribution in [2.45, 2.75) is 19.3 Å². The molecule has 1 aromatic carbocycles. The zero-order valence-corrected chi connectivity index (χ0v) is 9.18. The smallest absolute Gasteiger partial charge is 0.124 e. The number of hydrogen-bond donors (Lipinski definition) is 2. The van der Waals surface area contributed by atoms with E-state index >= 15 is 0 Å². The molecule has 0 fully saturated rings. The molecule has 0 saturated heterocycles. The van der Waals surface area contributed by atoms with Gasteiger partial charge in [-0.25, -0.2) is 0 Å². The highest BCUT2D eigenvalue weighted by molar-refractivity contribution is 5.59. The zero-order valence-electron chi connectivity index (χ0n) is 9.18. The number of methoxy groups -OCH3 is 1. The lowest BCUT2D eigenvalue weighted by Gasteiger charge is -2.20. The third-order valence-corrected chi connectivity index (χ3v) is 2.86. The summed E-state index contributed by atoms with van der Waals surface area (Å²) in [6, 6.07) is 4.33. The topological polar surface area (TPSA) is 47.3 Å². The van der Waals surface area contributed by atoms with Gasteiger partial charge in [-0.2, -0.15) is 0 Å². The first-order chi connectivity index (χ1) is 7.35. The lowest BCUT2D eigenvalue weighted by Crippen LogP contribution is -2.13. The number of benzene rings is 1. The molecule has 0 radical (unpaired) electrons. The maximum absolute atomic E-state index is 5.59. The Morgan fingerprint density at radius 3 is 3.07 bits per heavy atom. The number of rotatable bonds is 3. The van der Waals surface area contributed by atoms with Crippen molar-refractivity contribution in [2.24, 2.45) is 5.73 Å². The summed E-state index contributed by atoms with van der Waals surface area (Å²) >= 11 is 0. The van der Waals surface area contributed by atoms with Crippen LogP contribution in [-0.4, -0.2) is 20.2 Å². The van der Waals surface area contributed by atoms with Crippen LogP contribution in [0.1, 0.15) is 17.5 Å². The average molecular weight is 206 g/mol. The highest BCUT2D eigenvalue weighted by Gasteiger charge is 2.12. The summed E-state index contributed by atoms with van der Waals surface area (Å²) in [7, 11) is 1.71. The molecule has 1 aliphatic heterocycles. The van der Waals surface area contributed by atoms with E-state index in [1.54, 1.807) is 7.11 Å². The minimum absolute atomic E-state index is 0.669. The monoisotopic (exact) mass is 206 g/mol. The number of nitrogens with two attached hydrogens (primary N) is 1. The summed E-state index contributed by atoms with van der Waals surface area (Å²) in [5.41, 5.74) is 9.43. The molecule has 0 bridgehead atoms. The van der Waals surface area contributed by atoms with Crippen molar-refractivity contribution in [3.8, 4) is 5.75 Å². The van der Waals surface area contributed by atoms with Crippen molar-refractivity contribution in [1.82, 2.24) is 0 Å². The van der Waals surface area contributed by atoms with Crippen LogP contribution >= 0.6 is 0 Å². The number of aryl methyl sites for hydroxylation is 1. The van der Waals surface area contributed by atoms with E-state index in [0.717, 1.165) is 25.1 Å². The van der Waals surface area contributed by atoms with Gasteiger partial charge in [0.05, 0.1) is 7.11 Å². The molecule has 0 aliphatic carbocycles. The summed E-state index contributed by atoms with van der Waals surface area (Å²) in [4.78, 5) is 0. The standard InChI is InChI=1S/C12H18N2O/c1-15-12-8-11-9(3-2-6-14-11)7-10(12)4-5-13/h7-8,14H,2-6,13H2,1H3. The van der Waals surface area contributed by atoms with Crippen LogP contribution in [0.25, 0.3) is 0 Å². The van der Waals surface area contributed by atoms with Crippen LogP contribution < -0.4 is 15.8 Å². The van der Waals surface area contributed by atoms with Crippen LogP contribution in [0, 0.1) is 0 Å². The van der Waals surface area contributed by atoms with Gasteiger partial charge in [0, 0.05) is 18.3 Å². The van der Waals surface area contributed by atoms with E-state index in [1.807, 2.05) is 0 Å². The van der Waals surface area contributed by atoms with Crippen molar-refractivity contribution in [2.75, 3.05) is 25.5 Å². The first-order valence-electron chi connectivity index (χ1n) is 5.49. The van der Waals surface area contributed by atoms with Gasteiger partial charge in [-0.3, -0.25) is 0 Å². The highest BCUT2D eigenvalue weighted by Crippen LogP contribution is 2.30. The summed E-state index contributed by atoms with van der Waals surface area (Å²) in [5.74, 6) is 0.952. The van der Waals surface area contributed by atoms with Crippen LogP contribution in [0.3, 0.4) is 0 Å². The van der Waals surface area contributed by atoms with Gasteiger partial charge in [0.1, 0.15) is 5.75 Å². The Morgan fingerprint density at radius 2 is 2.33 bits per heavy atom. The summed E-state index contributed by atoms with van der Waals surface area (Å²) < 4.78 is 5.37. The molecule has 1 heterocycles. The second-order valence-electron chi connectivity index (χ2n) is 3.89. The summed E-state index contributed by atoms with van der Waals surface area (Å²) in [6.45, 7) is 1.73. The second-order valence-corrected chi connectivity index (χ2v) is 3.89. The quantitative estimate of drug-likeness (QED) is 0.789. The van der Waals surface area contributed by atoms with Gasteiger partial charge in [0.15, 0.2) is 0 Å².